The maximum absolute atomic E-state index is 12.2. The molecule has 18 heavy (non-hydrogen) atoms. The van der Waals surface area contributed by atoms with Gasteiger partial charge in [-0.1, -0.05) is 0 Å². The van der Waals surface area contributed by atoms with Gasteiger partial charge in [-0.15, -0.1) is 0 Å². The molecule has 5 heteroatoms. The van der Waals surface area contributed by atoms with E-state index in [0.717, 1.165) is 13.0 Å². The van der Waals surface area contributed by atoms with Crippen LogP contribution in [0.4, 0.5) is 0 Å². The summed E-state index contributed by atoms with van der Waals surface area (Å²) in [5, 5.41) is 6.23. The predicted molar refractivity (Wildman–Crippen MR) is 70.4 cm³/mol. The molecular weight excluding hydrogens is 228 g/mol. The van der Waals surface area contributed by atoms with Gasteiger partial charge >= 0.3 is 0 Å². The number of rotatable bonds is 2. The molecule has 2 saturated heterocycles. The van der Waals surface area contributed by atoms with Crippen molar-refractivity contribution in [2.45, 2.75) is 63.7 Å². The molecule has 3 rings (SSSR count). The minimum absolute atomic E-state index is 0.0944. The van der Waals surface area contributed by atoms with Gasteiger partial charge in [0.1, 0.15) is 5.54 Å². The van der Waals surface area contributed by atoms with E-state index in [4.69, 9.17) is 0 Å². The molecule has 1 spiro atoms. The van der Waals surface area contributed by atoms with Gasteiger partial charge in [-0.2, -0.15) is 0 Å². The lowest BCUT2D eigenvalue weighted by Crippen LogP contribution is -2.49. The first-order valence-electron chi connectivity index (χ1n) is 6.93. The zero-order chi connectivity index (χ0) is 12.9. The van der Waals surface area contributed by atoms with Crippen molar-refractivity contribution in [1.82, 2.24) is 15.5 Å². The van der Waals surface area contributed by atoms with Crippen LogP contribution in [0.3, 0.4) is 0 Å². The van der Waals surface area contributed by atoms with Gasteiger partial charge in [-0.05, 0) is 40.0 Å². The summed E-state index contributed by atoms with van der Waals surface area (Å²) in [6.07, 6.45) is 3.45. The Hall–Kier alpha value is -1.10. The molecular formula is C13H22N4O. The summed E-state index contributed by atoms with van der Waals surface area (Å²) in [7, 11) is 0. The highest BCUT2D eigenvalue weighted by atomic mass is 16.2. The molecule has 5 nitrogen and oxygen atoms in total. The topological polar surface area (TPSA) is 56.7 Å². The highest BCUT2D eigenvalue weighted by molar-refractivity contribution is 6.09. The Morgan fingerprint density at radius 2 is 2.17 bits per heavy atom. The van der Waals surface area contributed by atoms with Gasteiger partial charge in [0.25, 0.3) is 5.91 Å². The minimum Gasteiger partial charge on any atom is -0.340 e. The van der Waals surface area contributed by atoms with Gasteiger partial charge in [-0.25, -0.2) is 0 Å². The summed E-state index contributed by atoms with van der Waals surface area (Å²) >= 11 is 0. The lowest BCUT2D eigenvalue weighted by molar-refractivity contribution is -0.123. The van der Waals surface area contributed by atoms with Crippen molar-refractivity contribution in [1.29, 1.82) is 0 Å². The van der Waals surface area contributed by atoms with E-state index < -0.39 is 5.54 Å². The van der Waals surface area contributed by atoms with E-state index in [1.165, 1.54) is 12.8 Å². The molecule has 0 bridgehead atoms. The van der Waals surface area contributed by atoms with E-state index in [1.54, 1.807) is 0 Å². The molecule has 1 aliphatic carbocycles. The van der Waals surface area contributed by atoms with Gasteiger partial charge in [-0.3, -0.25) is 20.0 Å². The number of guanidine groups is 1. The second-order valence-electron chi connectivity index (χ2n) is 6.19. The van der Waals surface area contributed by atoms with Crippen LogP contribution in [0.1, 0.15) is 40.0 Å². The van der Waals surface area contributed by atoms with Crippen molar-refractivity contribution in [2.24, 2.45) is 4.99 Å². The van der Waals surface area contributed by atoms with E-state index in [9.17, 15) is 4.79 Å². The zero-order valence-electron chi connectivity index (χ0n) is 11.4. The number of amides is 1. The lowest BCUT2D eigenvalue weighted by Gasteiger charge is -2.22. The number of carbonyl (C=O) groups is 1. The molecule has 0 aromatic carbocycles. The Bertz CT molecular complexity index is 402. The molecule has 2 atom stereocenters. The number of nitrogens with zero attached hydrogens (tertiary/aromatic N) is 2. The van der Waals surface area contributed by atoms with Crippen LogP contribution in [-0.4, -0.2) is 47.0 Å². The first kappa shape index (κ1) is 12.0. The lowest BCUT2D eigenvalue weighted by atomic mass is 9.97. The van der Waals surface area contributed by atoms with Crippen LogP contribution in [0.25, 0.3) is 0 Å². The molecule has 2 aliphatic heterocycles. The predicted octanol–water partition coefficient (Wildman–Crippen LogP) is 0.466. The number of nitrogens with one attached hydrogen (secondary N) is 2. The van der Waals surface area contributed by atoms with Gasteiger partial charge in [0.05, 0.1) is 0 Å². The van der Waals surface area contributed by atoms with Gasteiger partial charge in [0, 0.05) is 24.7 Å². The Balaban J connectivity index is 1.78. The summed E-state index contributed by atoms with van der Waals surface area (Å²) in [5.74, 6) is 0.747. The van der Waals surface area contributed by atoms with E-state index in [2.05, 4.69) is 27.4 Å². The van der Waals surface area contributed by atoms with E-state index in [-0.39, 0.29) is 11.9 Å². The third-order valence-electron chi connectivity index (χ3n) is 4.09. The third kappa shape index (κ3) is 1.90. The Morgan fingerprint density at radius 1 is 1.44 bits per heavy atom. The molecule has 100 valence electrons. The Labute approximate surface area is 108 Å². The van der Waals surface area contributed by atoms with Gasteiger partial charge < -0.3 is 5.32 Å². The third-order valence-corrected chi connectivity index (χ3v) is 4.09. The Kier molecular flexibility index (Phi) is 2.62. The maximum atomic E-state index is 12.2. The molecule has 3 aliphatic rings. The van der Waals surface area contributed by atoms with Crippen LogP contribution in [0.15, 0.2) is 4.99 Å². The minimum atomic E-state index is -0.435. The summed E-state index contributed by atoms with van der Waals surface area (Å²) in [6, 6.07) is 1.38. The normalized spacial score (nSPS) is 38.8. The first-order chi connectivity index (χ1) is 8.50. The number of hydrogen-bond donors (Lipinski definition) is 2. The van der Waals surface area contributed by atoms with Gasteiger partial charge in [0.15, 0.2) is 5.96 Å². The average molecular weight is 250 g/mol. The quantitative estimate of drug-likeness (QED) is 0.749. The molecule has 1 saturated carbocycles. The smallest absolute Gasteiger partial charge is 0.253 e. The van der Waals surface area contributed by atoms with Crippen LogP contribution >= 0.6 is 0 Å². The summed E-state index contributed by atoms with van der Waals surface area (Å²) in [4.78, 5) is 19.1. The highest BCUT2D eigenvalue weighted by Crippen LogP contribution is 2.38. The van der Waals surface area contributed by atoms with E-state index in [0.29, 0.717) is 18.0 Å². The SMILES string of the molecule is CC(C)N=C1NC(=O)C2(CC(C)N(C3CC3)C2)N1. The highest BCUT2D eigenvalue weighted by Gasteiger charge is 2.54. The molecule has 0 aromatic rings. The standard InChI is InChI=1S/C13H22N4O/c1-8(2)14-12-15-11(18)13(16-12)6-9(3)17(7-13)10-4-5-10/h8-10H,4-7H2,1-3H3,(H2,14,15,16,18). The molecule has 0 aromatic heterocycles. The second-order valence-corrected chi connectivity index (χ2v) is 6.19. The van der Waals surface area contributed by atoms with Crippen LogP contribution in [-0.2, 0) is 4.79 Å². The van der Waals surface area contributed by atoms with E-state index in [1.807, 2.05) is 13.8 Å². The summed E-state index contributed by atoms with van der Waals surface area (Å²) < 4.78 is 0. The van der Waals surface area contributed by atoms with Crippen molar-refractivity contribution in [3.8, 4) is 0 Å². The summed E-state index contributed by atoms with van der Waals surface area (Å²) in [5.41, 5.74) is -0.435. The molecule has 1 amide bonds. The summed E-state index contributed by atoms with van der Waals surface area (Å²) in [6.45, 7) is 7.07. The fourth-order valence-electron chi connectivity index (χ4n) is 3.17. The fourth-order valence-corrected chi connectivity index (χ4v) is 3.17. The van der Waals surface area contributed by atoms with Gasteiger partial charge in [0.2, 0.25) is 0 Å². The van der Waals surface area contributed by atoms with Crippen molar-refractivity contribution in [3.63, 3.8) is 0 Å². The molecule has 2 heterocycles. The largest absolute Gasteiger partial charge is 0.340 e. The second kappa shape index (κ2) is 3.95. The zero-order valence-corrected chi connectivity index (χ0v) is 11.4. The van der Waals surface area contributed by atoms with Crippen molar-refractivity contribution in [3.05, 3.63) is 0 Å². The van der Waals surface area contributed by atoms with Crippen LogP contribution in [0, 0.1) is 0 Å². The number of hydrogen-bond acceptors (Lipinski definition) is 3. The molecule has 2 unspecified atom stereocenters. The molecule has 2 N–H and O–H groups in total. The number of likely N-dealkylation sites (tertiary alicyclic amines) is 1. The van der Waals surface area contributed by atoms with Crippen molar-refractivity contribution in [2.75, 3.05) is 6.54 Å². The van der Waals surface area contributed by atoms with Crippen LogP contribution < -0.4 is 10.6 Å². The average Bonchev–Trinajstić information content (AvgIpc) is 2.98. The monoisotopic (exact) mass is 250 g/mol. The maximum Gasteiger partial charge on any atom is 0.253 e. The van der Waals surface area contributed by atoms with Crippen molar-refractivity contribution >= 4 is 11.9 Å². The van der Waals surface area contributed by atoms with Crippen molar-refractivity contribution < 1.29 is 4.79 Å². The molecule has 0 radical (unpaired) electrons. The fraction of sp³-hybridized carbons (Fsp3) is 0.846. The molecule has 3 fully saturated rings. The van der Waals surface area contributed by atoms with Crippen LogP contribution in [0.5, 0.6) is 0 Å². The first-order valence-corrected chi connectivity index (χ1v) is 6.93. The Morgan fingerprint density at radius 3 is 2.78 bits per heavy atom. The van der Waals surface area contributed by atoms with Crippen LogP contribution in [0.2, 0.25) is 0 Å². The van der Waals surface area contributed by atoms with E-state index >= 15 is 0 Å². The number of aliphatic imine (C=N–C) groups is 1. The number of carbonyl (C=O) groups excluding carboxylic acids is 1.